The normalized spacial score (nSPS) is 23.7. The first kappa shape index (κ1) is 12.5. The van der Waals surface area contributed by atoms with E-state index in [9.17, 15) is 9.18 Å². The molecule has 4 nitrogen and oxygen atoms in total. The quantitative estimate of drug-likeness (QED) is 0.870. The molecule has 1 saturated heterocycles. The molecule has 1 aliphatic rings. The van der Waals surface area contributed by atoms with Crippen LogP contribution in [0.5, 0.6) is 0 Å². The van der Waals surface area contributed by atoms with Crippen LogP contribution in [0.3, 0.4) is 0 Å². The number of benzene rings is 1. The molecule has 0 bridgehead atoms. The molecule has 1 heterocycles. The molecule has 92 valence electrons. The van der Waals surface area contributed by atoms with Crippen LogP contribution in [0.15, 0.2) is 22.7 Å². The molecular weight excluding hydrogens is 291 g/mol. The Balaban J connectivity index is 2.10. The Hall–Kier alpha value is -0.980. The van der Waals surface area contributed by atoms with Crippen molar-refractivity contribution in [3.8, 4) is 0 Å². The maximum atomic E-state index is 13.4. The van der Waals surface area contributed by atoms with Crippen molar-refractivity contribution in [2.75, 3.05) is 18.5 Å². The second-order valence-corrected chi connectivity index (χ2v) is 4.84. The average Bonchev–Trinajstić information content (AvgIpc) is 2.70. The lowest BCUT2D eigenvalue weighted by atomic mass is 10.0. The van der Waals surface area contributed by atoms with Gasteiger partial charge in [0.1, 0.15) is 5.82 Å². The Kier molecular flexibility index (Phi) is 3.76. The van der Waals surface area contributed by atoms with Crippen molar-refractivity contribution >= 4 is 27.5 Å². The third kappa shape index (κ3) is 2.83. The number of ether oxygens (including phenoxy) is 1. The number of amides is 1. The van der Waals surface area contributed by atoms with E-state index in [2.05, 4.69) is 21.2 Å². The Morgan fingerprint density at radius 1 is 1.53 bits per heavy atom. The first-order chi connectivity index (χ1) is 8.08. The summed E-state index contributed by atoms with van der Waals surface area (Å²) in [6, 6.07) is 4.03. The Morgan fingerprint density at radius 3 is 2.94 bits per heavy atom. The van der Waals surface area contributed by atoms with E-state index in [1.54, 1.807) is 6.07 Å². The first-order valence-corrected chi connectivity index (χ1v) is 5.96. The average molecular weight is 303 g/mol. The van der Waals surface area contributed by atoms with Gasteiger partial charge in [-0.25, -0.2) is 4.39 Å². The molecule has 0 radical (unpaired) electrons. The molecule has 0 spiro atoms. The van der Waals surface area contributed by atoms with Crippen molar-refractivity contribution in [2.45, 2.75) is 6.04 Å². The lowest BCUT2D eigenvalue weighted by Crippen LogP contribution is -2.37. The minimum Gasteiger partial charge on any atom is -0.379 e. The summed E-state index contributed by atoms with van der Waals surface area (Å²) >= 11 is 3.21. The number of anilines is 1. The highest BCUT2D eigenvalue weighted by Gasteiger charge is 2.31. The number of carbonyl (C=O) groups excluding carboxylic acids is 1. The zero-order chi connectivity index (χ0) is 12.4. The summed E-state index contributed by atoms with van der Waals surface area (Å²) in [6.45, 7) is 0.641. The van der Waals surface area contributed by atoms with E-state index in [1.165, 1.54) is 12.1 Å². The van der Waals surface area contributed by atoms with Crippen LogP contribution in [0, 0.1) is 11.7 Å². The zero-order valence-electron chi connectivity index (χ0n) is 8.95. The van der Waals surface area contributed by atoms with E-state index < -0.39 is 11.7 Å². The number of carbonyl (C=O) groups is 1. The molecule has 2 atom stereocenters. The summed E-state index contributed by atoms with van der Waals surface area (Å²) in [6.07, 6.45) is 0. The second-order valence-electron chi connectivity index (χ2n) is 3.92. The van der Waals surface area contributed by atoms with Gasteiger partial charge in [-0.1, -0.05) is 15.9 Å². The highest BCUT2D eigenvalue weighted by Crippen LogP contribution is 2.22. The third-order valence-corrected chi connectivity index (χ3v) is 3.14. The van der Waals surface area contributed by atoms with Crippen molar-refractivity contribution in [2.24, 2.45) is 11.7 Å². The zero-order valence-corrected chi connectivity index (χ0v) is 10.5. The minimum absolute atomic E-state index is 0.142. The summed E-state index contributed by atoms with van der Waals surface area (Å²) in [4.78, 5) is 11.8. The summed E-state index contributed by atoms with van der Waals surface area (Å²) in [7, 11) is 0. The van der Waals surface area contributed by atoms with Gasteiger partial charge in [0.25, 0.3) is 0 Å². The molecule has 6 heteroatoms. The Morgan fingerprint density at radius 2 is 2.29 bits per heavy atom. The van der Waals surface area contributed by atoms with Crippen LogP contribution in [0.25, 0.3) is 0 Å². The number of hydrogen-bond donors (Lipinski definition) is 2. The maximum Gasteiger partial charge on any atom is 0.231 e. The number of hydrogen-bond acceptors (Lipinski definition) is 3. The Labute approximate surface area is 106 Å². The van der Waals surface area contributed by atoms with Crippen LogP contribution < -0.4 is 11.1 Å². The lowest BCUT2D eigenvalue weighted by molar-refractivity contribution is -0.120. The summed E-state index contributed by atoms with van der Waals surface area (Å²) < 4.78 is 19.2. The molecule has 2 unspecified atom stereocenters. The number of halogens is 2. The molecule has 3 N–H and O–H groups in total. The lowest BCUT2D eigenvalue weighted by Gasteiger charge is -2.13. The van der Waals surface area contributed by atoms with Gasteiger partial charge in [-0.05, 0) is 18.2 Å². The topological polar surface area (TPSA) is 64.3 Å². The Bertz CT molecular complexity index is 441. The molecule has 17 heavy (non-hydrogen) atoms. The summed E-state index contributed by atoms with van der Waals surface area (Å²) in [5.41, 5.74) is 5.85. The van der Waals surface area contributed by atoms with Gasteiger partial charge < -0.3 is 15.8 Å². The van der Waals surface area contributed by atoms with Crippen molar-refractivity contribution < 1.29 is 13.9 Å². The van der Waals surface area contributed by atoms with Crippen LogP contribution in [0.4, 0.5) is 10.1 Å². The van der Waals surface area contributed by atoms with E-state index in [4.69, 9.17) is 10.5 Å². The fourth-order valence-corrected chi connectivity index (χ4v) is 2.02. The van der Waals surface area contributed by atoms with Crippen LogP contribution in [-0.2, 0) is 9.53 Å². The predicted octanol–water partition coefficient (Wildman–Crippen LogP) is 1.50. The molecule has 1 aromatic carbocycles. The maximum absolute atomic E-state index is 13.4. The van der Waals surface area contributed by atoms with Gasteiger partial charge in [0.05, 0.1) is 24.8 Å². The molecule has 0 saturated carbocycles. The van der Waals surface area contributed by atoms with E-state index in [1.807, 2.05) is 0 Å². The van der Waals surface area contributed by atoms with Gasteiger partial charge in [0.15, 0.2) is 0 Å². The first-order valence-electron chi connectivity index (χ1n) is 5.17. The molecule has 0 aliphatic carbocycles. The summed E-state index contributed by atoms with van der Waals surface area (Å²) in [5, 5.41) is 2.52. The van der Waals surface area contributed by atoms with Gasteiger partial charge in [-0.15, -0.1) is 0 Å². The van der Waals surface area contributed by atoms with Gasteiger partial charge in [-0.3, -0.25) is 4.79 Å². The van der Waals surface area contributed by atoms with Crippen molar-refractivity contribution in [1.29, 1.82) is 0 Å². The van der Waals surface area contributed by atoms with E-state index in [-0.39, 0.29) is 24.2 Å². The van der Waals surface area contributed by atoms with E-state index >= 15 is 0 Å². The fourth-order valence-electron chi connectivity index (χ4n) is 1.66. The van der Waals surface area contributed by atoms with Crippen LogP contribution in [0.1, 0.15) is 0 Å². The van der Waals surface area contributed by atoms with E-state index in [0.29, 0.717) is 11.1 Å². The van der Waals surface area contributed by atoms with Crippen LogP contribution in [0.2, 0.25) is 0 Å². The van der Waals surface area contributed by atoms with Gasteiger partial charge in [0, 0.05) is 10.5 Å². The fraction of sp³-hybridized carbons (Fsp3) is 0.364. The third-order valence-electron chi connectivity index (χ3n) is 2.65. The number of nitrogens with one attached hydrogen (secondary N) is 1. The molecule has 1 aliphatic heterocycles. The van der Waals surface area contributed by atoms with Crippen molar-refractivity contribution in [1.82, 2.24) is 0 Å². The number of nitrogens with two attached hydrogens (primary N) is 1. The predicted molar refractivity (Wildman–Crippen MR) is 65.0 cm³/mol. The highest BCUT2D eigenvalue weighted by atomic mass is 79.9. The van der Waals surface area contributed by atoms with Crippen molar-refractivity contribution in [3.05, 3.63) is 28.5 Å². The van der Waals surface area contributed by atoms with E-state index in [0.717, 1.165) is 0 Å². The largest absolute Gasteiger partial charge is 0.379 e. The van der Waals surface area contributed by atoms with Gasteiger partial charge in [0.2, 0.25) is 5.91 Å². The van der Waals surface area contributed by atoms with Gasteiger partial charge in [-0.2, -0.15) is 0 Å². The SMILES string of the molecule is NC1COCC1C(=O)Nc1cc(Br)ccc1F. The molecule has 1 fully saturated rings. The molecule has 1 amide bonds. The second kappa shape index (κ2) is 5.12. The molecular formula is C11H12BrFN2O2. The molecule has 2 rings (SSSR count). The van der Waals surface area contributed by atoms with Crippen LogP contribution >= 0.6 is 15.9 Å². The molecule has 1 aromatic rings. The van der Waals surface area contributed by atoms with Gasteiger partial charge >= 0.3 is 0 Å². The highest BCUT2D eigenvalue weighted by molar-refractivity contribution is 9.10. The molecule has 0 aromatic heterocycles. The minimum atomic E-state index is -0.478. The standard InChI is InChI=1S/C11H12BrFN2O2/c12-6-1-2-8(13)10(3-6)15-11(16)7-4-17-5-9(7)14/h1-3,7,9H,4-5,14H2,(H,15,16). The van der Waals surface area contributed by atoms with Crippen molar-refractivity contribution in [3.63, 3.8) is 0 Å². The summed E-state index contributed by atoms with van der Waals surface area (Å²) in [5.74, 6) is -1.21. The number of rotatable bonds is 2. The van der Waals surface area contributed by atoms with Crippen LogP contribution in [-0.4, -0.2) is 25.2 Å². The monoisotopic (exact) mass is 302 g/mol. The smallest absolute Gasteiger partial charge is 0.231 e.